The van der Waals surface area contributed by atoms with Gasteiger partial charge in [0, 0.05) is 19.9 Å². The smallest absolute Gasteiger partial charge is 0.355 e. The number of ether oxygens (including phenoxy) is 2. The Morgan fingerprint density at radius 3 is 2.77 bits per heavy atom. The molecule has 5 nitrogen and oxygen atoms in total. The number of hydrogen-bond acceptors (Lipinski definition) is 5. The molecule has 1 heterocycles. The van der Waals surface area contributed by atoms with Gasteiger partial charge in [-0.15, -0.1) is 0 Å². The minimum Gasteiger partial charge on any atom is -0.464 e. The Balaban J connectivity index is 2.62. The second-order valence-corrected chi connectivity index (χ2v) is 2.65. The predicted molar refractivity (Wildman–Crippen MR) is 44.5 cm³/mol. The molecular weight excluding hydrogens is 174 g/mol. The SMILES string of the molecule is COC(=O)C1=NCCC1OC(C)=O. The van der Waals surface area contributed by atoms with Gasteiger partial charge in [0.2, 0.25) is 0 Å². The molecule has 0 bridgehead atoms. The predicted octanol–water partition coefficient (Wildman–Crippen LogP) is -0.0642. The first-order valence-electron chi connectivity index (χ1n) is 3.95. The number of nitrogens with zero attached hydrogens (tertiary/aromatic N) is 1. The van der Waals surface area contributed by atoms with Crippen LogP contribution >= 0.6 is 0 Å². The standard InChI is InChI=1S/C8H11NO4/c1-5(10)13-6-3-4-9-7(6)8(11)12-2/h6H,3-4H2,1-2H3. The highest BCUT2D eigenvalue weighted by Crippen LogP contribution is 2.11. The lowest BCUT2D eigenvalue weighted by molar-refractivity contribution is -0.143. The van der Waals surface area contributed by atoms with Crippen molar-refractivity contribution < 1.29 is 19.1 Å². The van der Waals surface area contributed by atoms with Gasteiger partial charge in [0.15, 0.2) is 11.8 Å². The van der Waals surface area contributed by atoms with Crippen LogP contribution in [-0.4, -0.2) is 37.4 Å². The molecule has 0 amide bonds. The number of esters is 2. The van der Waals surface area contributed by atoms with E-state index >= 15 is 0 Å². The van der Waals surface area contributed by atoms with Crippen LogP contribution in [0.1, 0.15) is 13.3 Å². The van der Waals surface area contributed by atoms with E-state index in [0.717, 1.165) is 0 Å². The van der Waals surface area contributed by atoms with Crippen LogP contribution in [0.5, 0.6) is 0 Å². The maximum Gasteiger partial charge on any atom is 0.355 e. The van der Waals surface area contributed by atoms with Crippen LogP contribution in [0, 0.1) is 0 Å². The number of rotatable bonds is 2. The maximum absolute atomic E-state index is 11.1. The van der Waals surface area contributed by atoms with Crippen LogP contribution in [0.3, 0.4) is 0 Å². The fraction of sp³-hybridized carbons (Fsp3) is 0.625. The van der Waals surface area contributed by atoms with Crippen molar-refractivity contribution >= 4 is 17.7 Å². The topological polar surface area (TPSA) is 65.0 Å². The molecule has 0 radical (unpaired) electrons. The molecule has 0 aliphatic carbocycles. The molecule has 0 aromatic rings. The molecule has 1 aliphatic heterocycles. The van der Waals surface area contributed by atoms with Crippen LogP contribution < -0.4 is 0 Å². The van der Waals surface area contributed by atoms with Gasteiger partial charge in [-0.3, -0.25) is 9.79 Å². The maximum atomic E-state index is 11.1. The minimum absolute atomic E-state index is 0.206. The van der Waals surface area contributed by atoms with E-state index in [-0.39, 0.29) is 5.71 Å². The van der Waals surface area contributed by atoms with Crippen molar-refractivity contribution in [1.82, 2.24) is 0 Å². The van der Waals surface area contributed by atoms with Gasteiger partial charge in [-0.25, -0.2) is 4.79 Å². The summed E-state index contributed by atoms with van der Waals surface area (Å²) in [5, 5.41) is 0. The Morgan fingerprint density at radius 2 is 2.23 bits per heavy atom. The van der Waals surface area contributed by atoms with Crippen molar-refractivity contribution in [3.8, 4) is 0 Å². The van der Waals surface area contributed by atoms with E-state index < -0.39 is 18.0 Å². The van der Waals surface area contributed by atoms with Gasteiger partial charge in [-0.05, 0) is 0 Å². The first-order valence-corrected chi connectivity index (χ1v) is 3.95. The Hall–Kier alpha value is -1.39. The highest BCUT2D eigenvalue weighted by molar-refractivity contribution is 6.38. The molecule has 1 rings (SSSR count). The average Bonchev–Trinajstić information content (AvgIpc) is 2.50. The molecule has 1 unspecified atom stereocenters. The monoisotopic (exact) mass is 185 g/mol. The van der Waals surface area contributed by atoms with Crippen LogP contribution in [0.25, 0.3) is 0 Å². The third-order valence-corrected chi connectivity index (χ3v) is 1.68. The summed E-state index contributed by atoms with van der Waals surface area (Å²) in [4.78, 5) is 25.6. The van der Waals surface area contributed by atoms with Crippen LogP contribution in [0.15, 0.2) is 4.99 Å². The number of methoxy groups -OCH3 is 1. The van der Waals surface area contributed by atoms with Crippen LogP contribution in [-0.2, 0) is 19.1 Å². The lowest BCUT2D eigenvalue weighted by Gasteiger charge is -2.10. The summed E-state index contributed by atoms with van der Waals surface area (Å²) in [7, 11) is 1.27. The summed E-state index contributed by atoms with van der Waals surface area (Å²) in [5.74, 6) is -0.938. The van der Waals surface area contributed by atoms with E-state index in [9.17, 15) is 9.59 Å². The van der Waals surface area contributed by atoms with Gasteiger partial charge >= 0.3 is 11.9 Å². The molecule has 0 saturated heterocycles. The van der Waals surface area contributed by atoms with Gasteiger partial charge < -0.3 is 9.47 Å². The van der Waals surface area contributed by atoms with E-state index in [1.807, 2.05) is 0 Å². The van der Waals surface area contributed by atoms with Crippen LogP contribution in [0.2, 0.25) is 0 Å². The molecule has 5 heteroatoms. The van der Waals surface area contributed by atoms with E-state index in [4.69, 9.17) is 4.74 Å². The number of carbonyl (C=O) groups is 2. The molecule has 0 spiro atoms. The average molecular weight is 185 g/mol. The molecule has 1 atom stereocenters. The van der Waals surface area contributed by atoms with Crippen molar-refractivity contribution in [2.75, 3.05) is 13.7 Å². The molecule has 0 saturated carbocycles. The van der Waals surface area contributed by atoms with E-state index in [2.05, 4.69) is 9.73 Å². The van der Waals surface area contributed by atoms with Crippen molar-refractivity contribution in [2.45, 2.75) is 19.4 Å². The first kappa shape index (κ1) is 9.70. The summed E-state index contributed by atoms with van der Waals surface area (Å²) in [5.41, 5.74) is 0.206. The summed E-state index contributed by atoms with van der Waals surface area (Å²) in [6.45, 7) is 1.80. The molecule has 72 valence electrons. The van der Waals surface area contributed by atoms with Gasteiger partial charge in [0.25, 0.3) is 0 Å². The number of hydrogen-bond donors (Lipinski definition) is 0. The van der Waals surface area contributed by atoms with Gasteiger partial charge in [0.05, 0.1) is 7.11 Å². The second kappa shape index (κ2) is 4.02. The lowest BCUT2D eigenvalue weighted by Crippen LogP contribution is -2.30. The minimum atomic E-state index is -0.524. The Morgan fingerprint density at radius 1 is 1.54 bits per heavy atom. The first-order chi connectivity index (χ1) is 6.15. The number of aliphatic imine (C=N–C) groups is 1. The Labute approximate surface area is 75.7 Å². The lowest BCUT2D eigenvalue weighted by atomic mass is 10.2. The summed E-state index contributed by atoms with van der Waals surface area (Å²) in [6, 6.07) is 0. The third kappa shape index (κ3) is 2.27. The second-order valence-electron chi connectivity index (χ2n) is 2.65. The highest BCUT2D eigenvalue weighted by atomic mass is 16.6. The van der Waals surface area contributed by atoms with Gasteiger partial charge in [0.1, 0.15) is 0 Å². The Kier molecular flexibility index (Phi) is 3.00. The van der Waals surface area contributed by atoms with E-state index in [1.165, 1.54) is 14.0 Å². The fourth-order valence-electron chi connectivity index (χ4n) is 1.16. The summed E-state index contributed by atoms with van der Waals surface area (Å²) >= 11 is 0. The van der Waals surface area contributed by atoms with Crippen molar-refractivity contribution in [1.29, 1.82) is 0 Å². The van der Waals surface area contributed by atoms with Crippen molar-refractivity contribution in [3.63, 3.8) is 0 Å². The van der Waals surface area contributed by atoms with E-state index in [1.54, 1.807) is 0 Å². The molecule has 0 aromatic heterocycles. The molecule has 13 heavy (non-hydrogen) atoms. The molecular formula is C8H11NO4. The van der Waals surface area contributed by atoms with Crippen molar-refractivity contribution in [2.24, 2.45) is 4.99 Å². The molecule has 0 N–H and O–H groups in total. The summed E-state index contributed by atoms with van der Waals surface area (Å²) < 4.78 is 9.36. The van der Waals surface area contributed by atoms with Gasteiger partial charge in [-0.1, -0.05) is 0 Å². The molecule has 1 aliphatic rings. The van der Waals surface area contributed by atoms with Crippen LogP contribution in [0.4, 0.5) is 0 Å². The molecule has 0 aromatic carbocycles. The molecule has 0 fully saturated rings. The zero-order valence-electron chi connectivity index (χ0n) is 7.57. The van der Waals surface area contributed by atoms with Crippen molar-refractivity contribution in [3.05, 3.63) is 0 Å². The number of carbonyl (C=O) groups excluding carboxylic acids is 2. The largest absolute Gasteiger partial charge is 0.464 e. The fourth-order valence-corrected chi connectivity index (χ4v) is 1.16. The highest BCUT2D eigenvalue weighted by Gasteiger charge is 2.29. The zero-order chi connectivity index (χ0) is 9.84. The quantitative estimate of drug-likeness (QED) is 0.565. The van der Waals surface area contributed by atoms with Gasteiger partial charge in [-0.2, -0.15) is 0 Å². The normalized spacial score (nSPS) is 20.8. The Bertz CT molecular complexity index is 259. The third-order valence-electron chi connectivity index (χ3n) is 1.68. The summed E-state index contributed by atoms with van der Waals surface area (Å²) in [6.07, 6.45) is 0.0363. The zero-order valence-corrected chi connectivity index (χ0v) is 7.57. The van der Waals surface area contributed by atoms with E-state index in [0.29, 0.717) is 13.0 Å².